The summed E-state index contributed by atoms with van der Waals surface area (Å²) < 4.78 is 5.23. The Balaban J connectivity index is 0.00000200. The number of amides is 1. The number of carbonyl (C=O) groups is 1. The molecule has 0 heterocycles. The van der Waals surface area contributed by atoms with Gasteiger partial charge in [0.2, 0.25) is 0 Å². The maximum Gasteiger partial charge on any atom is 0.257 e. The van der Waals surface area contributed by atoms with E-state index in [2.05, 4.69) is 0 Å². The molecule has 0 unspecified atom stereocenters. The van der Waals surface area contributed by atoms with Crippen molar-refractivity contribution < 1.29 is 9.53 Å². The van der Waals surface area contributed by atoms with E-state index in [1.165, 1.54) is 20.0 Å². The van der Waals surface area contributed by atoms with E-state index in [0.717, 1.165) is 12.8 Å². The van der Waals surface area contributed by atoms with Crippen molar-refractivity contribution in [1.29, 1.82) is 0 Å². The van der Waals surface area contributed by atoms with Gasteiger partial charge in [0.1, 0.15) is 5.75 Å². The standard InChI is InChI=1S/C14H19ClN2O2.ClH/c1-17(9-5-3-4-6-9)14(18)10-7-11(15)12(16)8-13(10)19-2;/h7-9H,3-6,16H2,1-2H3;1H. The van der Waals surface area contributed by atoms with Crippen LogP contribution in [0.4, 0.5) is 5.69 Å². The molecular formula is C14H20Cl2N2O2. The fraction of sp³-hybridized carbons (Fsp3) is 0.500. The van der Waals surface area contributed by atoms with E-state index >= 15 is 0 Å². The average Bonchev–Trinajstić information content (AvgIpc) is 2.93. The second-order valence-electron chi connectivity index (χ2n) is 4.93. The van der Waals surface area contributed by atoms with Gasteiger partial charge in [0.25, 0.3) is 5.91 Å². The van der Waals surface area contributed by atoms with Gasteiger partial charge < -0.3 is 15.4 Å². The van der Waals surface area contributed by atoms with Crippen molar-refractivity contribution in [3.63, 3.8) is 0 Å². The summed E-state index contributed by atoms with van der Waals surface area (Å²) in [5.74, 6) is 0.405. The number of anilines is 1. The first-order valence-electron chi connectivity index (χ1n) is 6.44. The maximum absolute atomic E-state index is 12.5. The number of ether oxygens (including phenoxy) is 1. The average molecular weight is 319 g/mol. The summed E-state index contributed by atoms with van der Waals surface area (Å²) in [4.78, 5) is 14.3. The number of nitrogen functional groups attached to an aromatic ring is 1. The van der Waals surface area contributed by atoms with Crippen molar-refractivity contribution in [2.45, 2.75) is 31.7 Å². The highest BCUT2D eigenvalue weighted by Gasteiger charge is 2.26. The zero-order chi connectivity index (χ0) is 14.0. The Morgan fingerprint density at radius 1 is 1.40 bits per heavy atom. The molecule has 1 fully saturated rings. The third kappa shape index (κ3) is 3.30. The van der Waals surface area contributed by atoms with E-state index in [1.807, 2.05) is 7.05 Å². The highest BCUT2D eigenvalue weighted by molar-refractivity contribution is 6.33. The summed E-state index contributed by atoms with van der Waals surface area (Å²) in [6.07, 6.45) is 4.49. The van der Waals surface area contributed by atoms with E-state index in [4.69, 9.17) is 22.1 Å². The lowest BCUT2D eigenvalue weighted by Gasteiger charge is -2.25. The Morgan fingerprint density at radius 3 is 2.55 bits per heavy atom. The topological polar surface area (TPSA) is 55.6 Å². The van der Waals surface area contributed by atoms with Crippen LogP contribution in [0.15, 0.2) is 12.1 Å². The molecule has 0 atom stereocenters. The summed E-state index contributed by atoms with van der Waals surface area (Å²) in [6.45, 7) is 0. The maximum atomic E-state index is 12.5. The molecule has 1 aliphatic rings. The van der Waals surface area contributed by atoms with Crippen LogP contribution >= 0.6 is 24.0 Å². The molecule has 20 heavy (non-hydrogen) atoms. The van der Waals surface area contributed by atoms with Gasteiger partial charge in [0.15, 0.2) is 0 Å². The highest BCUT2D eigenvalue weighted by Crippen LogP contribution is 2.31. The molecule has 1 amide bonds. The lowest BCUT2D eigenvalue weighted by molar-refractivity contribution is 0.0732. The molecule has 1 aromatic rings. The van der Waals surface area contributed by atoms with E-state index in [9.17, 15) is 4.79 Å². The molecule has 0 saturated heterocycles. The van der Waals surface area contributed by atoms with Crippen LogP contribution in [0.3, 0.4) is 0 Å². The number of hydrogen-bond donors (Lipinski definition) is 1. The van der Waals surface area contributed by atoms with Crippen molar-refractivity contribution in [3.8, 4) is 5.75 Å². The van der Waals surface area contributed by atoms with Crippen LogP contribution in [-0.4, -0.2) is 31.0 Å². The van der Waals surface area contributed by atoms with E-state index in [0.29, 0.717) is 28.1 Å². The molecule has 2 rings (SSSR count). The summed E-state index contributed by atoms with van der Waals surface area (Å²) in [5, 5.41) is 0.379. The number of hydrogen-bond acceptors (Lipinski definition) is 3. The molecule has 0 bridgehead atoms. The molecular weight excluding hydrogens is 299 g/mol. The molecule has 1 aliphatic carbocycles. The lowest BCUT2D eigenvalue weighted by atomic mass is 10.1. The number of carbonyl (C=O) groups excluding carboxylic acids is 1. The van der Waals surface area contributed by atoms with Gasteiger partial charge in [0, 0.05) is 19.2 Å². The predicted octanol–water partition coefficient (Wildman–Crippen LogP) is 3.37. The quantitative estimate of drug-likeness (QED) is 0.869. The van der Waals surface area contributed by atoms with Gasteiger partial charge in [-0.3, -0.25) is 4.79 Å². The zero-order valence-electron chi connectivity index (χ0n) is 11.7. The van der Waals surface area contributed by atoms with Crippen molar-refractivity contribution in [2.75, 3.05) is 19.9 Å². The van der Waals surface area contributed by atoms with Crippen LogP contribution in [0.1, 0.15) is 36.0 Å². The Hall–Kier alpha value is -1.13. The molecule has 2 N–H and O–H groups in total. The van der Waals surface area contributed by atoms with Crippen molar-refractivity contribution in [1.82, 2.24) is 4.90 Å². The molecule has 0 radical (unpaired) electrons. The minimum absolute atomic E-state index is 0. The van der Waals surface area contributed by atoms with Crippen molar-refractivity contribution in [2.24, 2.45) is 0 Å². The van der Waals surface area contributed by atoms with Crippen LogP contribution in [0, 0.1) is 0 Å². The molecule has 0 aromatic heterocycles. The Kier molecular flexibility index (Phi) is 5.96. The molecule has 0 aliphatic heterocycles. The van der Waals surface area contributed by atoms with Crippen LogP contribution in [0.2, 0.25) is 5.02 Å². The number of nitrogens with zero attached hydrogens (tertiary/aromatic N) is 1. The van der Waals surface area contributed by atoms with E-state index in [1.54, 1.807) is 17.0 Å². The van der Waals surface area contributed by atoms with Crippen molar-refractivity contribution >= 4 is 35.6 Å². The van der Waals surface area contributed by atoms with Crippen LogP contribution in [-0.2, 0) is 0 Å². The first kappa shape index (κ1) is 16.9. The van der Waals surface area contributed by atoms with Gasteiger partial charge in [-0.1, -0.05) is 24.4 Å². The van der Waals surface area contributed by atoms with Gasteiger partial charge >= 0.3 is 0 Å². The SMILES string of the molecule is COc1cc(N)c(Cl)cc1C(=O)N(C)C1CCCC1.Cl. The molecule has 1 aromatic carbocycles. The minimum Gasteiger partial charge on any atom is -0.496 e. The van der Waals surface area contributed by atoms with E-state index in [-0.39, 0.29) is 18.3 Å². The second kappa shape index (κ2) is 7.04. The zero-order valence-corrected chi connectivity index (χ0v) is 13.3. The summed E-state index contributed by atoms with van der Waals surface area (Å²) in [5.41, 5.74) is 6.61. The number of benzene rings is 1. The molecule has 0 spiro atoms. The number of nitrogens with two attached hydrogens (primary N) is 1. The van der Waals surface area contributed by atoms with Crippen molar-refractivity contribution in [3.05, 3.63) is 22.7 Å². The number of rotatable bonds is 3. The van der Waals surface area contributed by atoms with Crippen LogP contribution in [0.5, 0.6) is 5.75 Å². The first-order chi connectivity index (χ1) is 9.04. The molecule has 4 nitrogen and oxygen atoms in total. The smallest absolute Gasteiger partial charge is 0.257 e. The van der Waals surface area contributed by atoms with Crippen LogP contribution in [0.25, 0.3) is 0 Å². The van der Waals surface area contributed by atoms with Gasteiger partial charge in [-0.15, -0.1) is 12.4 Å². The largest absolute Gasteiger partial charge is 0.496 e. The third-order valence-electron chi connectivity index (χ3n) is 3.74. The van der Waals surface area contributed by atoms with Gasteiger partial charge in [-0.05, 0) is 18.9 Å². The molecule has 6 heteroatoms. The van der Waals surface area contributed by atoms with Crippen LogP contribution < -0.4 is 10.5 Å². The normalized spacial score (nSPS) is 14.8. The summed E-state index contributed by atoms with van der Waals surface area (Å²) in [7, 11) is 3.36. The monoisotopic (exact) mass is 318 g/mol. The Bertz CT molecular complexity index is 488. The Morgan fingerprint density at radius 2 is 2.00 bits per heavy atom. The van der Waals surface area contributed by atoms with Gasteiger partial charge in [-0.25, -0.2) is 0 Å². The Labute approximate surface area is 130 Å². The minimum atomic E-state index is -0.0642. The number of methoxy groups -OCH3 is 1. The second-order valence-corrected chi connectivity index (χ2v) is 5.34. The highest BCUT2D eigenvalue weighted by atomic mass is 35.5. The summed E-state index contributed by atoms with van der Waals surface area (Å²) in [6, 6.07) is 3.50. The van der Waals surface area contributed by atoms with E-state index < -0.39 is 0 Å². The van der Waals surface area contributed by atoms with Gasteiger partial charge in [0.05, 0.1) is 23.4 Å². The first-order valence-corrected chi connectivity index (χ1v) is 6.82. The summed E-state index contributed by atoms with van der Waals surface area (Å²) >= 11 is 6.00. The lowest BCUT2D eigenvalue weighted by Crippen LogP contribution is -2.35. The molecule has 112 valence electrons. The fourth-order valence-corrected chi connectivity index (χ4v) is 2.72. The predicted molar refractivity (Wildman–Crippen MR) is 84.0 cm³/mol. The third-order valence-corrected chi connectivity index (χ3v) is 4.07. The molecule has 1 saturated carbocycles. The number of halogens is 2. The fourth-order valence-electron chi connectivity index (χ4n) is 2.55. The van der Waals surface area contributed by atoms with Gasteiger partial charge in [-0.2, -0.15) is 0 Å².